The van der Waals surface area contributed by atoms with Crippen LogP contribution in [0.4, 0.5) is 0 Å². The molecule has 0 saturated carbocycles. The smallest absolute Gasteiger partial charge is 0.253 e. The number of halogens is 1. The predicted octanol–water partition coefficient (Wildman–Crippen LogP) is 2.93. The molecule has 122 valence electrons. The number of carbonyl (C=O) groups is 2. The van der Waals surface area contributed by atoms with Gasteiger partial charge in [0.25, 0.3) is 11.8 Å². The highest BCUT2D eigenvalue weighted by Crippen LogP contribution is 2.11. The van der Waals surface area contributed by atoms with Gasteiger partial charge >= 0.3 is 0 Å². The Bertz CT molecular complexity index is 802. The fourth-order valence-electron chi connectivity index (χ4n) is 1.96. The second-order valence-electron chi connectivity index (χ2n) is 5.27. The minimum absolute atomic E-state index is 0.0456. The minimum Gasteiger partial charge on any atom is -0.345 e. The van der Waals surface area contributed by atoms with Gasteiger partial charge in [-0.3, -0.25) is 9.59 Å². The third-order valence-electron chi connectivity index (χ3n) is 3.19. The van der Waals surface area contributed by atoms with Crippen molar-refractivity contribution in [1.29, 1.82) is 0 Å². The standard InChI is InChI=1S/C19H17BrN2O2/c1-22(2)19(24)15-10-8-14(9-11-15)5-4-12-21-18(23)16-6-3-7-17(20)13-16/h3,6-11,13H,12H2,1-2H3,(H,21,23). The molecule has 1 N–H and O–H groups in total. The monoisotopic (exact) mass is 384 g/mol. The number of carbonyl (C=O) groups excluding carboxylic acids is 2. The molecule has 0 aliphatic carbocycles. The molecular weight excluding hydrogens is 368 g/mol. The number of hydrogen-bond acceptors (Lipinski definition) is 2. The van der Waals surface area contributed by atoms with Crippen molar-refractivity contribution in [3.8, 4) is 11.8 Å². The molecule has 0 bridgehead atoms. The van der Waals surface area contributed by atoms with E-state index in [4.69, 9.17) is 0 Å². The highest BCUT2D eigenvalue weighted by molar-refractivity contribution is 9.10. The van der Waals surface area contributed by atoms with E-state index in [1.807, 2.05) is 6.07 Å². The summed E-state index contributed by atoms with van der Waals surface area (Å²) in [6, 6.07) is 14.2. The fraction of sp³-hybridized carbons (Fsp3) is 0.158. The minimum atomic E-state index is -0.169. The Morgan fingerprint density at radius 3 is 2.42 bits per heavy atom. The van der Waals surface area contributed by atoms with Crippen LogP contribution in [0.3, 0.4) is 0 Å². The zero-order valence-corrected chi connectivity index (χ0v) is 15.1. The van der Waals surface area contributed by atoms with Crippen LogP contribution < -0.4 is 5.32 Å². The van der Waals surface area contributed by atoms with Crippen molar-refractivity contribution < 1.29 is 9.59 Å². The van der Waals surface area contributed by atoms with Crippen molar-refractivity contribution in [3.05, 3.63) is 69.7 Å². The van der Waals surface area contributed by atoms with E-state index in [9.17, 15) is 9.59 Å². The molecule has 0 fully saturated rings. The van der Waals surface area contributed by atoms with Crippen molar-refractivity contribution >= 4 is 27.7 Å². The molecule has 0 spiro atoms. The van der Waals surface area contributed by atoms with Crippen LogP contribution in [0.15, 0.2) is 53.0 Å². The molecule has 24 heavy (non-hydrogen) atoms. The van der Waals surface area contributed by atoms with Crippen molar-refractivity contribution in [2.45, 2.75) is 0 Å². The van der Waals surface area contributed by atoms with Crippen molar-refractivity contribution in [1.82, 2.24) is 10.2 Å². The average molecular weight is 385 g/mol. The average Bonchev–Trinajstić information content (AvgIpc) is 2.58. The highest BCUT2D eigenvalue weighted by atomic mass is 79.9. The van der Waals surface area contributed by atoms with E-state index in [1.54, 1.807) is 56.6 Å². The summed E-state index contributed by atoms with van der Waals surface area (Å²) in [5.74, 6) is 5.64. The Kier molecular flexibility index (Phi) is 6.16. The van der Waals surface area contributed by atoms with Gasteiger partial charge in [0.1, 0.15) is 0 Å². The summed E-state index contributed by atoms with van der Waals surface area (Å²) in [4.78, 5) is 25.3. The van der Waals surface area contributed by atoms with E-state index in [0.717, 1.165) is 10.0 Å². The maximum absolute atomic E-state index is 11.9. The lowest BCUT2D eigenvalue weighted by Crippen LogP contribution is -2.23. The fourth-order valence-corrected chi connectivity index (χ4v) is 2.36. The van der Waals surface area contributed by atoms with E-state index in [-0.39, 0.29) is 18.4 Å². The van der Waals surface area contributed by atoms with Gasteiger partial charge in [0.15, 0.2) is 0 Å². The molecule has 2 aromatic rings. The summed E-state index contributed by atoms with van der Waals surface area (Å²) in [5.41, 5.74) is 1.99. The zero-order valence-electron chi connectivity index (χ0n) is 13.5. The maximum Gasteiger partial charge on any atom is 0.253 e. The Balaban J connectivity index is 1.91. The molecule has 0 aliphatic rings. The van der Waals surface area contributed by atoms with Gasteiger partial charge in [-0.05, 0) is 42.5 Å². The first-order valence-electron chi connectivity index (χ1n) is 7.32. The quantitative estimate of drug-likeness (QED) is 0.827. The first-order chi connectivity index (χ1) is 11.5. The van der Waals surface area contributed by atoms with E-state index in [2.05, 4.69) is 33.1 Å². The van der Waals surface area contributed by atoms with Crippen LogP contribution in [-0.4, -0.2) is 37.4 Å². The van der Waals surface area contributed by atoms with Gasteiger partial charge in [-0.25, -0.2) is 0 Å². The molecule has 0 aliphatic heterocycles. The zero-order chi connectivity index (χ0) is 17.5. The summed E-state index contributed by atoms with van der Waals surface area (Å²) < 4.78 is 0.855. The van der Waals surface area contributed by atoms with Crippen LogP contribution in [0.25, 0.3) is 0 Å². The van der Waals surface area contributed by atoms with Crippen LogP contribution in [-0.2, 0) is 0 Å². The number of hydrogen-bond donors (Lipinski definition) is 1. The summed E-state index contributed by atoms with van der Waals surface area (Å²) in [7, 11) is 3.42. The third-order valence-corrected chi connectivity index (χ3v) is 3.69. The largest absolute Gasteiger partial charge is 0.345 e. The number of rotatable bonds is 3. The van der Waals surface area contributed by atoms with Gasteiger partial charge in [-0.15, -0.1) is 0 Å². The molecule has 0 aromatic heterocycles. The van der Waals surface area contributed by atoms with Crippen LogP contribution in [0.2, 0.25) is 0 Å². The Labute approximate surface area is 150 Å². The molecule has 2 rings (SSSR count). The van der Waals surface area contributed by atoms with Gasteiger partial charge in [0.05, 0.1) is 6.54 Å². The van der Waals surface area contributed by atoms with Gasteiger partial charge in [-0.1, -0.05) is 33.8 Å². The van der Waals surface area contributed by atoms with Crippen LogP contribution in [0, 0.1) is 11.8 Å². The SMILES string of the molecule is CN(C)C(=O)c1ccc(C#CCNC(=O)c2cccc(Br)c2)cc1. The normalized spacial score (nSPS) is 9.62. The lowest BCUT2D eigenvalue weighted by atomic mass is 10.1. The number of benzene rings is 2. The first kappa shape index (κ1) is 17.8. The molecule has 0 heterocycles. The van der Waals surface area contributed by atoms with Gasteiger partial charge in [0.2, 0.25) is 0 Å². The van der Waals surface area contributed by atoms with Crippen LogP contribution >= 0.6 is 15.9 Å². The number of nitrogens with one attached hydrogen (secondary N) is 1. The molecule has 0 atom stereocenters. The molecule has 0 unspecified atom stereocenters. The number of amides is 2. The summed E-state index contributed by atoms with van der Waals surface area (Å²) in [6.45, 7) is 0.254. The van der Waals surface area contributed by atoms with E-state index in [0.29, 0.717) is 11.1 Å². The summed E-state index contributed by atoms with van der Waals surface area (Å²) in [6.07, 6.45) is 0. The topological polar surface area (TPSA) is 49.4 Å². The molecule has 2 amide bonds. The molecular formula is C19H17BrN2O2. The van der Waals surface area contributed by atoms with Crippen LogP contribution in [0.1, 0.15) is 26.3 Å². The van der Waals surface area contributed by atoms with Crippen molar-refractivity contribution in [3.63, 3.8) is 0 Å². The van der Waals surface area contributed by atoms with Crippen molar-refractivity contribution in [2.75, 3.05) is 20.6 Å². The predicted molar refractivity (Wildman–Crippen MR) is 97.8 cm³/mol. The van der Waals surface area contributed by atoms with Gasteiger partial charge in [0, 0.05) is 35.3 Å². The van der Waals surface area contributed by atoms with Gasteiger partial charge < -0.3 is 10.2 Å². The molecule has 0 saturated heterocycles. The lowest BCUT2D eigenvalue weighted by molar-refractivity contribution is 0.0827. The highest BCUT2D eigenvalue weighted by Gasteiger charge is 2.06. The van der Waals surface area contributed by atoms with Gasteiger partial charge in [-0.2, -0.15) is 0 Å². The van der Waals surface area contributed by atoms with E-state index >= 15 is 0 Å². The van der Waals surface area contributed by atoms with E-state index in [1.165, 1.54) is 4.90 Å². The number of nitrogens with zero attached hydrogens (tertiary/aromatic N) is 1. The second kappa shape index (κ2) is 8.32. The van der Waals surface area contributed by atoms with Crippen LogP contribution in [0.5, 0.6) is 0 Å². The molecule has 5 heteroatoms. The van der Waals surface area contributed by atoms with E-state index < -0.39 is 0 Å². The maximum atomic E-state index is 11.9. The second-order valence-corrected chi connectivity index (χ2v) is 6.19. The summed E-state index contributed by atoms with van der Waals surface area (Å²) >= 11 is 3.33. The third kappa shape index (κ3) is 4.97. The lowest BCUT2D eigenvalue weighted by Gasteiger charge is -2.09. The molecule has 2 aromatic carbocycles. The van der Waals surface area contributed by atoms with Crippen molar-refractivity contribution in [2.24, 2.45) is 0 Å². The Hall–Kier alpha value is -2.58. The molecule has 4 nitrogen and oxygen atoms in total. The molecule has 0 radical (unpaired) electrons. The first-order valence-corrected chi connectivity index (χ1v) is 8.11. The Morgan fingerprint density at radius 2 is 1.79 bits per heavy atom. The summed E-state index contributed by atoms with van der Waals surface area (Å²) in [5, 5.41) is 2.75. The Morgan fingerprint density at radius 1 is 1.08 bits per heavy atom.